The van der Waals surface area contributed by atoms with Crippen molar-refractivity contribution < 1.29 is 24.2 Å². The summed E-state index contributed by atoms with van der Waals surface area (Å²) in [6.45, 7) is 0. The zero-order valence-corrected chi connectivity index (χ0v) is 13.2. The number of amides is 1. The Morgan fingerprint density at radius 3 is 2.35 bits per heavy atom. The van der Waals surface area contributed by atoms with Gasteiger partial charge in [0.25, 0.3) is 0 Å². The number of anilines is 1. The van der Waals surface area contributed by atoms with E-state index in [-0.39, 0.29) is 17.7 Å². The molecule has 6 heteroatoms. The molecule has 0 spiro atoms. The minimum atomic E-state index is -1.11. The molecule has 1 N–H and O–H groups in total. The van der Waals surface area contributed by atoms with Gasteiger partial charge in [-0.3, -0.25) is 4.79 Å². The summed E-state index contributed by atoms with van der Waals surface area (Å²) in [5.74, 6) is -1.24. The minimum absolute atomic E-state index is 0.0751. The highest BCUT2D eigenvalue weighted by molar-refractivity contribution is 5.96. The van der Waals surface area contributed by atoms with Crippen molar-refractivity contribution in [3.05, 3.63) is 18.2 Å². The van der Waals surface area contributed by atoms with Gasteiger partial charge in [0.05, 0.1) is 14.2 Å². The van der Waals surface area contributed by atoms with Crippen molar-refractivity contribution >= 4 is 17.6 Å². The van der Waals surface area contributed by atoms with Gasteiger partial charge in [-0.15, -0.1) is 0 Å². The molecule has 2 fully saturated rings. The summed E-state index contributed by atoms with van der Waals surface area (Å²) >= 11 is 0. The molecule has 23 heavy (non-hydrogen) atoms. The topological polar surface area (TPSA) is 87.7 Å². The lowest BCUT2D eigenvalue weighted by Crippen LogP contribution is -2.43. The first-order valence-electron chi connectivity index (χ1n) is 7.79. The second kappa shape index (κ2) is 6.10. The second-order valence-corrected chi connectivity index (χ2v) is 6.26. The van der Waals surface area contributed by atoms with Crippen molar-refractivity contribution in [1.29, 1.82) is 0 Å². The Labute approximate surface area is 134 Å². The normalized spacial score (nSPS) is 28.4. The molecule has 2 aliphatic carbocycles. The molecular weight excluding hydrogens is 298 g/mol. The van der Waals surface area contributed by atoms with Gasteiger partial charge in [0, 0.05) is 29.6 Å². The largest absolute Gasteiger partial charge is 0.550 e. The molecule has 124 valence electrons. The number of hydrogen-bond acceptors (Lipinski definition) is 5. The van der Waals surface area contributed by atoms with Gasteiger partial charge in [-0.2, -0.15) is 0 Å². The van der Waals surface area contributed by atoms with Crippen LogP contribution in [0.1, 0.15) is 19.3 Å². The van der Waals surface area contributed by atoms with Crippen LogP contribution in [0.2, 0.25) is 0 Å². The lowest BCUT2D eigenvalue weighted by Gasteiger charge is -2.30. The van der Waals surface area contributed by atoms with Gasteiger partial charge < -0.3 is 24.7 Å². The molecule has 1 aromatic carbocycles. The minimum Gasteiger partial charge on any atom is -0.550 e. The molecule has 0 saturated heterocycles. The highest BCUT2D eigenvalue weighted by Crippen LogP contribution is 2.52. The van der Waals surface area contributed by atoms with Gasteiger partial charge in [0.2, 0.25) is 5.91 Å². The van der Waals surface area contributed by atoms with Crippen LogP contribution in [0.5, 0.6) is 11.5 Å². The number of fused-ring (bicyclic) bond motifs is 2. The summed E-state index contributed by atoms with van der Waals surface area (Å²) in [7, 11) is 3.06. The van der Waals surface area contributed by atoms with Crippen LogP contribution in [0.4, 0.5) is 5.69 Å². The van der Waals surface area contributed by atoms with Crippen LogP contribution >= 0.6 is 0 Å². The van der Waals surface area contributed by atoms with Crippen molar-refractivity contribution in [1.82, 2.24) is 0 Å². The van der Waals surface area contributed by atoms with Crippen LogP contribution in [0.25, 0.3) is 0 Å². The lowest BCUT2D eigenvalue weighted by atomic mass is 9.78. The third kappa shape index (κ3) is 2.73. The van der Waals surface area contributed by atoms with Crippen molar-refractivity contribution in [2.75, 3.05) is 19.5 Å². The van der Waals surface area contributed by atoms with Crippen molar-refractivity contribution in [3.8, 4) is 11.5 Å². The quantitative estimate of drug-likeness (QED) is 0.877. The van der Waals surface area contributed by atoms with E-state index in [1.54, 1.807) is 18.2 Å². The number of nitrogens with one attached hydrogen (secondary N) is 1. The number of ether oxygens (including phenoxy) is 2. The van der Waals surface area contributed by atoms with Crippen molar-refractivity contribution in [2.45, 2.75) is 19.3 Å². The molecule has 0 aromatic heterocycles. The van der Waals surface area contributed by atoms with E-state index in [1.807, 2.05) is 0 Å². The summed E-state index contributed by atoms with van der Waals surface area (Å²) in [5, 5.41) is 14.2. The van der Waals surface area contributed by atoms with Gasteiger partial charge in [-0.05, 0) is 43.2 Å². The number of carbonyl (C=O) groups is 2. The Morgan fingerprint density at radius 2 is 1.74 bits per heavy atom. The van der Waals surface area contributed by atoms with E-state index in [0.29, 0.717) is 17.2 Å². The van der Waals surface area contributed by atoms with Crippen molar-refractivity contribution in [3.63, 3.8) is 0 Å². The SMILES string of the molecule is COc1ccc(NC(=O)[C@H]2[C@@H]3CC[C@@H](C3)[C@@H]2C(=O)[O-])cc1OC. The molecular formula is C17H20NO5-. The van der Waals surface area contributed by atoms with Gasteiger partial charge in [-0.1, -0.05) is 0 Å². The molecule has 2 aliphatic rings. The van der Waals surface area contributed by atoms with Crippen molar-refractivity contribution in [2.24, 2.45) is 23.7 Å². The average molecular weight is 318 g/mol. The number of benzene rings is 1. The molecule has 1 aromatic rings. The van der Waals surface area contributed by atoms with E-state index in [9.17, 15) is 14.7 Å². The Bertz CT molecular complexity index is 629. The molecule has 2 bridgehead atoms. The maximum atomic E-state index is 12.6. The molecule has 0 heterocycles. The molecule has 2 saturated carbocycles. The number of carbonyl (C=O) groups excluding carboxylic acids is 2. The molecule has 4 atom stereocenters. The number of hydrogen-bond donors (Lipinski definition) is 1. The Hall–Kier alpha value is -2.24. The highest BCUT2D eigenvalue weighted by Gasteiger charge is 2.51. The summed E-state index contributed by atoms with van der Waals surface area (Å²) in [6.07, 6.45) is 2.60. The van der Waals surface area contributed by atoms with Gasteiger partial charge in [0.1, 0.15) is 0 Å². The zero-order valence-electron chi connectivity index (χ0n) is 13.2. The fourth-order valence-corrected chi connectivity index (χ4v) is 4.15. The van der Waals surface area contributed by atoms with Crippen LogP contribution in [0.15, 0.2) is 18.2 Å². The number of carboxylic acids is 1. The Morgan fingerprint density at radius 1 is 1.09 bits per heavy atom. The number of methoxy groups -OCH3 is 2. The Kier molecular flexibility index (Phi) is 4.15. The summed E-state index contributed by atoms with van der Waals surface area (Å²) in [6, 6.07) is 5.07. The summed E-state index contributed by atoms with van der Waals surface area (Å²) in [4.78, 5) is 24.0. The first-order valence-corrected chi connectivity index (χ1v) is 7.79. The number of carboxylic acid groups (broad SMARTS) is 1. The first-order chi connectivity index (χ1) is 11.0. The summed E-state index contributed by atoms with van der Waals surface area (Å²) < 4.78 is 10.4. The standard InChI is InChI=1S/C17H21NO5/c1-22-12-6-5-11(8-13(12)23-2)18-16(19)14-9-3-4-10(7-9)15(14)17(20)21/h5-6,8-10,14-15H,3-4,7H2,1-2H3,(H,18,19)(H,20,21)/p-1/t9-,10+,14+,15+/m1/s1. The lowest BCUT2D eigenvalue weighted by molar-refractivity contribution is -0.314. The van der Waals surface area contributed by atoms with Crippen LogP contribution in [-0.2, 0) is 9.59 Å². The van der Waals surface area contributed by atoms with Gasteiger partial charge in [-0.25, -0.2) is 0 Å². The molecule has 3 rings (SSSR count). The van der Waals surface area contributed by atoms with Crippen LogP contribution in [0, 0.1) is 23.7 Å². The van der Waals surface area contributed by atoms with E-state index in [1.165, 1.54) is 14.2 Å². The predicted octanol–water partition coefficient (Wildman–Crippen LogP) is 1.05. The van der Waals surface area contributed by atoms with E-state index in [4.69, 9.17) is 9.47 Å². The number of aliphatic carboxylic acids is 1. The smallest absolute Gasteiger partial charge is 0.228 e. The molecule has 0 aliphatic heterocycles. The Balaban J connectivity index is 1.78. The maximum Gasteiger partial charge on any atom is 0.228 e. The predicted molar refractivity (Wildman–Crippen MR) is 81.0 cm³/mol. The third-order valence-corrected chi connectivity index (χ3v) is 5.14. The van der Waals surface area contributed by atoms with Gasteiger partial charge >= 0.3 is 0 Å². The highest BCUT2D eigenvalue weighted by atomic mass is 16.5. The fraction of sp³-hybridized carbons (Fsp3) is 0.529. The summed E-state index contributed by atoms with van der Waals surface area (Å²) in [5.41, 5.74) is 0.563. The third-order valence-electron chi connectivity index (χ3n) is 5.14. The van der Waals surface area contributed by atoms with Crippen LogP contribution in [0.3, 0.4) is 0 Å². The number of rotatable bonds is 5. The molecule has 0 unspecified atom stereocenters. The monoisotopic (exact) mass is 318 g/mol. The fourth-order valence-electron chi connectivity index (χ4n) is 4.15. The first kappa shape index (κ1) is 15.6. The maximum absolute atomic E-state index is 12.6. The molecule has 6 nitrogen and oxygen atoms in total. The molecule has 0 radical (unpaired) electrons. The second-order valence-electron chi connectivity index (χ2n) is 6.26. The zero-order chi connectivity index (χ0) is 16.6. The van der Waals surface area contributed by atoms with Crippen LogP contribution in [-0.4, -0.2) is 26.1 Å². The van der Waals surface area contributed by atoms with E-state index >= 15 is 0 Å². The van der Waals surface area contributed by atoms with Crippen LogP contribution < -0.4 is 19.9 Å². The van der Waals surface area contributed by atoms with E-state index < -0.39 is 17.8 Å². The van der Waals surface area contributed by atoms with Gasteiger partial charge in [0.15, 0.2) is 11.5 Å². The van der Waals surface area contributed by atoms with E-state index in [0.717, 1.165) is 19.3 Å². The molecule has 1 amide bonds. The van der Waals surface area contributed by atoms with E-state index in [2.05, 4.69) is 5.32 Å². The average Bonchev–Trinajstić information content (AvgIpc) is 3.15.